The molecule has 0 spiro atoms. The van der Waals surface area contributed by atoms with Crippen LogP contribution in [0.1, 0.15) is 39.1 Å². The molecule has 0 fully saturated rings. The molecule has 10 heteroatoms. The van der Waals surface area contributed by atoms with Crippen LogP contribution in [0.15, 0.2) is 41.0 Å². The Morgan fingerprint density at radius 3 is 2.69 bits per heavy atom. The Kier molecular flexibility index (Phi) is 7.21. The summed E-state index contributed by atoms with van der Waals surface area (Å²) in [5, 5.41) is 14.1. The number of benzene rings is 1. The number of thioether (sulfide) groups is 1. The van der Waals surface area contributed by atoms with Gasteiger partial charge in [-0.05, 0) is 44.5 Å². The quantitative estimate of drug-likeness (QED) is 0.497. The Labute approximate surface area is 176 Å². The number of nitrogens with zero attached hydrogens (tertiary/aromatic N) is 4. The van der Waals surface area contributed by atoms with Crippen molar-refractivity contribution < 1.29 is 13.9 Å². The van der Waals surface area contributed by atoms with Crippen LogP contribution in [0, 0.1) is 5.82 Å². The highest BCUT2D eigenvalue weighted by Gasteiger charge is 2.25. The maximum absolute atomic E-state index is 13.1. The fourth-order valence-electron chi connectivity index (χ4n) is 2.68. The summed E-state index contributed by atoms with van der Waals surface area (Å²) in [6.45, 7) is 6.43. The van der Waals surface area contributed by atoms with Crippen LogP contribution in [0.4, 0.5) is 9.52 Å². The number of carbonyl (C=O) groups excluding carboxylic acids is 1. The van der Waals surface area contributed by atoms with Gasteiger partial charge >= 0.3 is 0 Å². The van der Waals surface area contributed by atoms with E-state index in [1.807, 2.05) is 30.7 Å². The molecule has 7 nitrogen and oxygen atoms in total. The summed E-state index contributed by atoms with van der Waals surface area (Å²) in [5.74, 6) is 0.764. The van der Waals surface area contributed by atoms with Crippen LogP contribution < -0.4 is 10.1 Å². The molecule has 29 heavy (non-hydrogen) atoms. The van der Waals surface area contributed by atoms with E-state index in [2.05, 4.69) is 20.5 Å². The van der Waals surface area contributed by atoms with Crippen molar-refractivity contribution in [2.45, 2.75) is 50.2 Å². The topological polar surface area (TPSA) is 81.9 Å². The van der Waals surface area contributed by atoms with Crippen LogP contribution in [0.2, 0.25) is 0 Å². The number of hydrogen-bond donors (Lipinski definition) is 1. The molecule has 0 bridgehead atoms. The van der Waals surface area contributed by atoms with Crippen molar-refractivity contribution in [3.8, 4) is 5.75 Å². The van der Waals surface area contributed by atoms with Crippen molar-refractivity contribution in [1.29, 1.82) is 0 Å². The van der Waals surface area contributed by atoms with Crippen LogP contribution >= 0.6 is 23.1 Å². The van der Waals surface area contributed by atoms with Crippen molar-refractivity contribution in [3.05, 3.63) is 47.5 Å². The van der Waals surface area contributed by atoms with Gasteiger partial charge in [-0.3, -0.25) is 4.79 Å². The summed E-state index contributed by atoms with van der Waals surface area (Å²) >= 11 is 2.74. The number of amides is 1. The fourth-order valence-corrected chi connectivity index (χ4v) is 4.23. The lowest BCUT2D eigenvalue weighted by Gasteiger charge is -2.17. The average Bonchev–Trinajstić information content (AvgIpc) is 3.37. The SMILES string of the molecule is CCC(Sc1nnc(C(C)Oc2ccc(F)cc2)n1CC)C(=O)Nc1nccs1. The van der Waals surface area contributed by atoms with Gasteiger partial charge in [-0.2, -0.15) is 0 Å². The van der Waals surface area contributed by atoms with Crippen LogP contribution in [-0.2, 0) is 11.3 Å². The number of aromatic nitrogens is 4. The molecule has 0 radical (unpaired) electrons. The first-order chi connectivity index (χ1) is 14.0. The van der Waals surface area contributed by atoms with Gasteiger partial charge in [0.05, 0.1) is 5.25 Å². The molecule has 3 rings (SSSR count). The van der Waals surface area contributed by atoms with E-state index in [0.29, 0.717) is 34.8 Å². The minimum absolute atomic E-state index is 0.115. The zero-order valence-corrected chi connectivity index (χ0v) is 18.0. The van der Waals surface area contributed by atoms with E-state index in [0.717, 1.165) is 0 Å². The number of rotatable bonds is 9. The predicted octanol–water partition coefficient (Wildman–Crippen LogP) is 4.54. The van der Waals surface area contributed by atoms with E-state index in [9.17, 15) is 9.18 Å². The van der Waals surface area contributed by atoms with Crippen molar-refractivity contribution in [2.75, 3.05) is 5.32 Å². The van der Waals surface area contributed by atoms with E-state index in [1.165, 1.54) is 35.2 Å². The number of anilines is 1. The van der Waals surface area contributed by atoms with Crippen LogP contribution in [0.25, 0.3) is 0 Å². The zero-order chi connectivity index (χ0) is 20.8. The summed E-state index contributed by atoms with van der Waals surface area (Å²) in [6, 6.07) is 5.84. The first-order valence-corrected chi connectivity index (χ1v) is 11.0. The standard InChI is InChI=1S/C19H22FN5O2S2/c1-4-15(17(26)22-18-21-10-11-28-18)29-19-24-23-16(25(19)5-2)12(3)27-14-8-6-13(20)7-9-14/h6-12,15H,4-5H2,1-3H3,(H,21,22,26). The van der Waals surface area contributed by atoms with Gasteiger partial charge in [-0.25, -0.2) is 9.37 Å². The summed E-state index contributed by atoms with van der Waals surface area (Å²) in [4.78, 5) is 16.7. The van der Waals surface area contributed by atoms with Crippen molar-refractivity contribution in [3.63, 3.8) is 0 Å². The minimum Gasteiger partial charge on any atom is -0.483 e. The Bertz CT molecular complexity index is 931. The number of thiazole rings is 1. The van der Waals surface area contributed by atoms with Gasteiger partial charge < -0.3 is 14.6 Å². The van der Waals surface area contributed by atoms with Crippen molar-refractivity contribution >= 4 is 34.1 Å². The predicted molar refractivity (Wildman–Crippen MR) is 112 cm³/mol. The molecule has 1 amide bonds. The highest BCUT2D eigenvalue weighted by molar-refractivity contribution is 8.00. The third-order valence-electron chi connectivity index (χ3n) is 4.13. The monoisotopic (exact) mass is 435 g/mol. The smallest absolute Gasteiger partial charge is 0.239 e. The van der Waals surface area contributed by atoms with Crippen LogP contribution in [0.5, 0.6) is 5.75 Å². The van der Waals surface area contributed by atoms with Gasteiger partial charge in [-0.1, -0.05) is 18.7 Å². The van der Waals surface area contributed by atoms with Gasteiger partial charge in [0, 0.05) is 18.1 Å². The largest absolute Gasteiger partial charge is 0.483 e. The Morgan fingerprint density at radius 1 is 1.31 bits per heavy atom. The van der Waals surface area contributed by atoms with Gasteiger partial charge in [-0.15, -0.1) is 21.5 Å². The Hall–Kier alpha value is -2.46. The first kappa shape index (κ1) is 21.3. The second kappa shape index (κ2) is 9.84. The van der Waals surface area contributed by atoms with E-state index in [-0.39, 0.29) is 23.1 Å². The average molecular weight is 436 g/mol. The molecular formula is C19H22FN5O2S2. The number of halogens is 1. The van der Waals surface area contributed by atoms with Gasteiger partial charge in [0.25, 0.3) is 0 Å². The van der Waals surface area contributed by atoms with Gasteiger partial charge in [0.2, 0.25) is 5.91 Å². The molecule has 1 aromatic carbocycles. The van der Waals surface area contributed by atoms with E-state index in [1.54, 1.807) is 18.3 Å². The third-order valence-corrected chi connectivity index (χ3v) is 6.16. The highest BCUT2D eigenvalue weighted by atomic mass is 32.2. The summed E-state index contributed by atoms with van der Waals surface area (Å²) < 4.78 is 20.9. The molecule has 154 valence electrons. The normalized spacial score (nSPS) is 13.1. The second-order valence-electron chi connectivity index (χ2n) is 6.14. The van der Waals surface area contributed by atoms with Crippen molar-refractivity contribution in [1.82, 2.24) is 19.7 Å². The molecule has 0 saturated heterocycles. The summed E-state index contributed by atoms with van der Waals surface area (Å²) in [6.07, 6.45) is 1.90. The summed E-state index contributed by atoms with van der Waals surface area (Å²) in [5.41, 5.74) is 0. The second-order valence-corrected chi connectivity index (χ2v) is 8.20. The number of nitrogens with one attached hydrogen (secondary N) is 1. The molecular weight excluding hydrogens is 413 g/mol. The third kappa shape index (κ3) is 5.33. The maximum atomic E-state index is 13.1. The lowest BCUT2D eigenvalue weighted by atomic mass is 10.3. The fraction of sp³-hybridized carbons (Fsp3) is 0.368. The zero-order valence-electron chi connectivity index (χ0n) is 16.3. The molecule has 1 N–H and O–H groups in total. The van der Waals surface area contributed by atoms with Crippen molar-refractivity contribution in [2.24, 2.45) is 0 Å². The molecule has 3 aromatic rings. The summed E-state index contributed by atoms with van der Waals surface area (Å²) in [7, 11) is 0. The number of hydrogen-bond acceptors (Lipinski definition) is 7. The lowest BCUT2D eigenvalue weighted by molar-refractivity contribution is -0.115. The van der Waals surface area contributed by atoms with Gasteiger partial charge in [0.15, 0.2) is 22.2 Å². The molecule has 2 unspecified atom stereocenters. The maximum Gasteiger partial charge on any atom is 0.239 e. The van der Waals surface area contributed by atoms with Crippen LogP contribution in [-0.4, -0.2) is 30.9 Å². The molecule has 2 heterocycles. The molecule has 0 aliphatic heterocycles. The molecule has 0 aliphatic carbocycles. The Balaban J connectivity index is 1.72. The van der Waals surface area contributed by atoms with E-state index in [4.69, 9.17) is 4.74 Å². The molecule has 0 aliphatic rings. The molecule has 0 saturated carbocycles. The molecule has 2 aromatic heterocycles. The number of carbonyl (C=O) groups is 1. The van der Waals surface area contributed by atoms with E-state index >= 15 is 0 Å². The number of ether oxygens (including phenoxy) is 1. The highest BCUT2D eigenvalue weighted by Crippen LogP contribution is 2.29. The first-order valence-electron chi connectivity index (χ1n) is 9.24. The Morgan fingerprint density at radius 2 is 2.07 bits per heavy atom. The lowest BCUT2D eigenvalue weighted by Crippen LogP contribution is -2.25. The van der Waals surface area contributed by atoms with Crippen LogP contribution in [0.3, 0.4) is 0 Å². The van der Waals surface area contributed by atoms with E-state index < -0.39 is 0 Å². The minimum atomic E-state index is -0.383. The molecule has 2 atom stereocenters. The van der Waals surface area contributed by atoms with Gasteiger partial charge in [0.1, 0.15) is 11.6 Å².